The van der Waals surface area contributed by atoms with Crippen molar-refractivity contribution in [1.82, 2.24) is 0 Å². The molecule has 0 atom stereocenters. The summed E-state index contributed by atoms with van der Waals surface area (Å²) >= 11 is 0. The van der Waals surface area contributed by atoms with Crippen LogP contribution < -0.4 is 0 Å². The van der Waals surface area contributed by atoms with Gasteiger partial charge in [-0.05, 0) is 25.7 Å². The first-order chi connectivity index (χ1) is 5.98. The fourth-order valence-electron chi connectivity index (χ4n) is 2.74. The van der Waals surface area contributed by atoms with Crippen LogP contribution >= 0.6 is 0 Å². The van der Waals surface area contributed by atoms with E-state index in [1.807, 2.05) is 0 Å². The Morgan fingerprint density at radius 3 is 2.08 bits per heavy atom. The second kappa shape index (κ2) is 3.43. The van der Waals surface area contributed by atoms with Gasteiger partial charge in [0.05, 0.1) is 0 Å². The number of carbonyl (C=O) groups is 1. The first kappa shape index (κ1) is 10.7. The lowest BCUT2D eigenvalue weighted by Gasteiger charge is -2.42. The summed E-state index contributed by atoms with van der Waals surface area (Å²) < 4.78 is 0. The highest BCUT2D eigenvalue weighted by molar-refractivity contribution is 5.90. The molecule has 0 saturated heterocycles. The van der Waals surface area contributed by atoms with Crippen molar-refractivity contribution in [2.45, 2.75) is 59.8 Å². The zero-order valence-electron chi connectivity index (χ0n) is 9.44. The maximum Gasteiger partial charge on any atom is 0.144 e. The van der Waals surface area contributed by atoms with Crippen LogP contribution in [-0.2, 0) is 4.79 Å². The van der Waals surface area contributed by atoms with Crippen LogP contribution in [-0.4, -0.2) is 5.78 Å². The van der Waals surface area contributed by atoms with Gasteiger partial charge in [0.25, 0.3) is 0 Å². The normalized spacial score (nSPS) is 26.0. The van der Waals surface area contributed by atoms with Gasteiger partial charge in [-0.3, -0.25) is 4.79 Å². The van der Waals surface area contributed by atoms with Gasteiger partial charge in [0.1, 0.15) is 5.78 Å². The Labute approximate surface area is 81.9 Å². The van der Waals surface area contributed by atoms with Gasteiger partial charge in [0.15, 0.2) is 0 Å². The molecule has 0 N–H and O–H groups in total. The Balaban J connectivity index is 2.93. The fraction of sp³-hybridized carbons (Fsp3) is 0.917. The van der Waals surface area contributed by atoms with E-state index in [1.165, 1.54) is 6.42 Å². The second-order valence-corrected chi connectivity index (χ2v) is 5.05. The van der Waals surface area contributed by atoms with Gasteiger partial charge in [0.2, 0.25) is 0 Å². The Morgan fingerprint density at radius 2 is 1.69 bits per heavy atom. The summed E-state index contributed by atoms with van der Waals surface area (Å²) in [4.78, 5) is 12.2. The van der Waals surface area contributed by atoms with Crippen molar-refractivity contribution in [3.05, 3.63) is 0 Å². The molecular weight excluding hydrogens is 160 g/mol. The summed E-state index contributed by atoms with van der Waals surface area (Å²) in [7, 11) is 0. The van der Waals surface area contributed by atoms with E-state index in [0.717, 1.165) is 25.7 Å². The predicted octanol–water partition coefficient (Wildman–Crippen LogP) is 3.57. The third-order valence-electron chi connectivity index (χ3n) is 3.91. The molecule has 0 aromatic carbocycles. The van der Waals surface area contributed by atoms with Gasteiger partial charge in [0, 0.05) is 10.8 Å². The van der Waals surface area contributed by atoms with Crippen molar-refractivity contribution in [2.24, 2.45) is 10.8 Å². The molecule has 13 heavy (non-hydrogen) atoms. The molecule has 0 amide bonds. The fourth-order valence-corrected chi connectivity index (χ4v) is 2.74. The highest BCUT2D eigenvalue weighted by atomic mass is 16.1. The summed E-state index contributed by atoms with van der Waals surface area (Å²) in [6.07, 6.45) is 5.45. The molecule has 1 rings (SSSR count). The Kier molecular flexibility index (Phi) is 2.84. The predicted molar refractivity (Wildman–Crippen MR) is 55.7 cm³/mol. The van der Waals surface area contributed by atoms with E-state index in [9.17, 15) is 4.79 Å². The van der Waals surface area contributed by atoms with E-state index in [0.29, 0.717) is 5.78 Å². The largest absolute Gasteiger partial charge is 0.298 e. The minimum atomic E-state index is -0.0652. The lowest BCUT2D eigenvalue weighted by atomic mass is 9.60. The summed E-state index contributed by atoms with van der Waals surface area (Å²) in [6, 6.07) is 0. The van der Waals surface area contributed by atoms with Crippen molar-refractivity contribution in [2.75, 3.05) is 0 Å². The van der Waals surface area contributed by atoms with Gasteiger partial charge in [-0.2, -0.15) is 0 Å². The Hall–Kier alpha value is -0.330. The molecular formula is C12H22O. The molecule has 0 spiro atoms. The average Bonchev–Trinajstić information content (AvgIpc) is 2.10. The number of hydrogen-bond donors (Lipinski definition) is 0. The van der Waals surface area contributed by atoms with Crippen molar-refractivity contribution in [3.8, 4) is 0 Å². The Bertz CT molecular complexity index is 199. The van der Waals surface area contributed by atoms with Crippen LogP contribution in [0, 0.1) is 10.8 Å². The summed E-state index contributed by atoms with van der Waals surface area (Å²) in [5.41, 5.74) is -0.0496. The second-order valence-electron chi connectivity index (χ2n) is 5.05. The molecule has 76 valence electrons. The molecule has 1 fully saturated rings. The highest BCUT2D eigenvalue weighted by Gasteiger charge is 2.45. The van der Waals surface area contributed by atoms with Crippen molar-refractivity contribution < 1.29 is 4.79 Å². The van der Waals surface area contributed by atoms with Gasteiger partial charge < -0.3 is 0 Å². The van der Waals surface area contributed by atoms with E-state index in [-0.39, 0.29) is 10.8 Å². The van der Waals surface area contributed by atoms with Crippen LogP contribution in [0.25, 0.3) is 0 Å². The first-order valence-electron chi connectivity index (χ1n) is 5.53. The van der Waals surface area contributed by atoms with Gasteiger partial charge in [-0.15, -0.1) is 0 Å². The molecule has 1 aliphatic rings. The van der Waals surface area contributed by atoms with Crippen LogP contribution in [0.3, 0.4) is 0 Å². The van der Waals surface area contributed by atoms with Crippen molar-refractivity contribution >= 4 is 5.78 Å². The van der Waals surface area contributed by atoms with Crippen LogP contribution in [0.2, 0.25) is 0 Å². The van der Waals surface area contributed by atoms with Crippen molar-refractivity contribution in [1.29, 1.82) is 0 Å². The molecule has 0 unspecified atom stereocenters. The van der Waals surface area contributed by atoms with Crippen LogP contribution in [0.1, 0.15) is 59.8 Å². The molecule has 0 heterocycles. The zero-order chi connectivity index (χ0) is 10.1. The number of Topliss-reactive ketones (excluding diaryl/α,β-unsaturated/α-hetero) is 1. The van der Waals surface area contributed by atoms with E-state index in [4.69, 9.17) is 0 Å². The monoisotopic (exact) mass is 182 g/mol. The maximum absolute atomic E-state index is 12.2. The topological polar surface area (TPSA) is 17.1 Å². The average molecular weight is 182 g/mol. The lowest BCUT2D eigenvalue weighted by Crippen LogP contribution is -2.43. The molecule has 1 nitrogen and oxygen atoms in total. The van der Waals surface area contributed by atoms with Crippen LogP contribution in [0.5, 0.6) is 0 Å². The van der Waals surface area contributed by atoms with Crippen LogP contribution in [0.15, 0.2) is 0 Å². The zero-order valence-corrected chi connectivity index (χ0v) is 9.44. The molecule has 0 bridgehead atoms. The van der Waals surface area contributed by atoms with Crippen molar-refractivity contribution in [3.63, 3.8) is 0 Å². The molecule has 1 aliphatic carbocycles. The lowest BCUT2D eigenvalue weighted by molar-refractivity contribution is -0.142. The number of ketones is 1. The molecule has 0 aliphatic heterocycles. The van der Waals surface area contributed by atoms with Crippen LogP contribution in [0.4, 0.5) is 0 Å². The smallest absolute Gasteiger partial charge is 0.144 e. The summed E-state index contributed by atoms with van der Waals surface area (Å²) in [6.45, 7) is 8.52. The highest BCUT2D eigenvalue weighted by Crippen LogP contribution is 2.46. The molecule has 0 aromatic rings. The standard InChI is InChI=1S/C12H22O/c1-5-12(6-2)9-7-8-11(3,4)10(12)13/h5-9H2,1-4H3. The molecule has 1 saturated carbocycles. The molecule has 0 aromatic heterocycles. The summed E-state index contributed by atoms with van der Waals surface area (Å²) in [5, 5.41) is 0. The SMILES string of the molecule is CCC1(CC)CCCC(C)(C)C1=O. The third-order valence-corrected chi connectivity index (χ3v) is 3.91. The molecule has 1 heteroatoms. The Morgan fingerprint density at radius 1 is 1.15 bits per heavy atom. The van der Waals surface area contributed by atoms with E-state index in [1.54, 1.807) is 0 Å². The minimum Gasteiger partial charge on any atom is -0.298 e. The van der Waals surface area contributed by atoms with Gasteiger partial charge >= 0.3 is 0 Å². The van der Waals surface area contributed by atoms with E-state index < -0.39 is 0 Å². The van der Waals surface area contributed by atoms with E-state index in [2.05, 4.69) is 27.7 Å². The van der Waals surface area contributed by atoms with Gasteiger partial charge in [-0.25, -0.2) is 0 Å². The summed E-state index contributed by atoms with van der Waals surface area (Å²) in [5.74, 6) is 0.510. The first-order valence-corrected chi connectivity index (χ1v) is 5.53. The quantitative estimate of drug-likeness (QED) is 0.638. The third kappa shape index (κ3) is 1.66. The number of rotatable bonds is 2. The minimum absolute atomic E-state index is 0.0156. The van der Waals surface area contributed by atoms with Gasteiger partial charge in [-0.1, -0.05) is 34.1 Å². The maximum atomic E-state index is 12.2. The molecule has 0 radical (unpaired) electrons. The number of hydrogen-bond acceptors (Lipinski definition) is 1. The van der Waals surface area contributed by atoms with E-state index >= 15 is 0 Å². The number of carbonyl (C=O) groups excluding carboxylic acids is 1.